The highest BCUT2D eigenvalue weighted by molar-refractivity contribution is 8.00. The van der Waals surface area contributed by atoms with Crippen molar-refractivity contribution in [3.63, 3.8) is 0 Å². The lowest BCUT2D eigenvalue weighted by Gasteiger charge is -2.35. The van der Waals surface area contributed by atoms with E-state index in [1.807, 2.05) is 43.0 Å². The zero-order chi connectivity index (χ0) is 19.2. The molecule has 1 amide bonds. The van der Waals surface area contributed by atoms with E-state index in [0.29, 0.717) is 17.7 Å². The minimum Gasteiger partial charge on any atom is -0.494 e. The number of amides is 1. The van der Waals surface area contributed by atoms with Crippen LogP contribution < -0.4 is 4.74 Å². The van der Waals surface area contributed by atoms with Crippen molar-refractivity contribution in [2.75, 3.05) is 39.3 Å². The molecule has 0 spiro atoms. The molecule has 1 saturated heterocycles. The molecule has 27 heavy (non-hydrogen) atoms. The Labute approximate surface area is 164 Å². The van der Waals surface area contributed by atoms with Crippen molar-refractivity contribution < 1.29 is 13.9 Å². The van der Waals surface area contributed by atoms with E-state index in [0.717, 1.165) is 44.0 Å². The van der Waals surface area contributed by atoms with Gasteiger partial charge >= 0.3 is 0 Å². The fraction of sp³-hybridized carbons (Fsp3) is 0.526. The highest BCUT2D eigenvalue weighted by Gasteiger charge is 2.26. The molecule has 2 heterocycles. The van der Waals surface area contributed by atoms with Crippen molar-refractivity contribution in [2.24, 2.45) is 0 Å². The molecule has 1 aromatic heterocycles. The van der Waals surface area contributed by atoms with E-state index < -0.39 is 0 Å². The second-order valence-corrected chi connectivity index (χ2v) is 7.64. The van der Waals surface area contributed by atoms with E-state index in [4.69, 9.17) is 9.15 Å². The van der Waals surface area contributed by atoms with Crippen LogP contribution in [0.2, 0.25) is 0 Å². The summed E-state index contributed by atoms with van der Waals surface area (Å²) in [6.45, 7) is 11.1. The Hall–Kier alpha value is -2.06. The Morgan fingerprint density at radius 1 is 1.19 bits per heavy atom. The third-order valence-corrected chi connectivity index (χ3v) is 5.50. The van der Waals surface area contributed by atoms with Crippen LogP contribution in [0.5, 0.6) is 5.75 Å². The minimum absolute atomic E-state index is 0.122. The summed E-state index contributed by atoms with van der Waals surface area (Å²) in [5.41, 5.74) is 0.826. The summed E-state index contributed by atoms with van der Waals surface area (Å²) in [7, 11) is 0. The SMILES string of the molecule is CCOc1ccc(-c2nnc(SC(C)C(=O)N3CCN(CC)CC3)o2)cc1. The van der Waals surface area contributed by atoms with Crippen LogP contribution in [0.3, 0.4) is 0 Å². The lowest BCUT2D eigenvalue weighted by atomic mass is 10.2. The van der Waals surface area contributed by atoms with E-state index in [2.05, 4.69) is 22.0 Å². The lowest BCUT2D eigenvalue weighted by molar-refractivity contribution is -0.132. The molecule has 8 heteroatoms. The van der Waals surface area contributed by atoms with Gasteiger partial charge in [0.15, 0.2) is 0 Å². The van der Waals surface area contributed by atoms with Gasteiger partial charge < -0.3 is 19.0 Å². The smallest absolute Gasteiger partial charge is 0.277 e. The molecule has 0 bridgehead atoms. The van der Waals surface area contributed by atoms with Gasteiger partial charge in [0, 0.05) is 31.7 Å². The summed E-state index contributed by atoms with van der Waals surface area (Å²) < 4.78 is 11.2. The van der Waals surface area contributed by atoms with Crippen LogP contribution in [0, 0.1) is 0 Å². The van der Waals surface area contributed by atoms with Gasteiger partial charge in [0.25, 0.3) is 5.22 Å². The van der Waals surface area contributed by atoms with Crippen LogP contribution in [-0.2, 0) is 4.79 Å². The van der Waals surface area contributed by atoms with Gasteiger partial charge in [-0.05, 0) is 44.7 Å². The highest BCUT2D eigenvalue weighted by Crippen LogP contribution is 2.28. The first-order chi connectivity index (χ1) is 13.1. The zero-order valence-electron chi connectivity index (χ0n) is 16.1. The van der Waals surface area contributed by atoms with E-state index >= 15 is 0 Å². The summed E-state index contributed by atoms with van der Waals surface area (Å²) >= 11 is 1.31. The summed E-state index contributed by atoms with van der Waals surface area (Å²) in [4.78, 5) is 16.9. The molecule has 0 radical (unpaired) electrons. The number of benzene rings is 1. The van der Waals surface area contributed by atoms with Gasteiger partial charge in [0.05, 0.1) is 11.9 Å². The predicted molar refractivity (Wildman–Crippen MR) is 105 cm³/mol. The molecule has 1 aliphatic heterocycles. The van der Waals surface area contributed by atoms with E-state index in [-0.39, 0.29) is 11.2 Å². The van der Waals surface area contributed by atoms with Crippen molar-refractivity contribution in [1.82, 2.24) is 20.0 Å². The van der Waals surface area contributed by atoms with Crippen LogP contribution >= 0.6 is 11.8 Å². The number of thioether (sulfide) groups is 1. The van der Waals surface area contributed by atoms with Crippen LogP contribution in [0.1, 0.15) is 20.8 Å². The summed E-state index contributed by atoms with van der Waals surface area (Å²) in [6, 6.07) is 7.51. The van der Waals surface area contributed by atoms with Crippen molar-refractivity contribution >= 4 is 17.7 Å². The maximum Gasteiger partial charge on any atom is 0.277 e. The van der Waals surface area contributed by atoms with Crippen LogP contribution in [0.25, 0.3) is 11.5 Å². The quantitative estimate of drug-likeness (QED) is 0.673. The van der Waals surface area contributed by atoms with E-state index in [1.165, 1.54) is 11.8 Å². The average molecular weight is 391 g/mol. The molecule has 1 unspecified atom stereocenters. The standard InChI is InChI=1S/C19H26N4O3S/c1-4-22-10-12-23(13-11-22)18(24)14(3)27-19-21-20-17(26-19)15-6-8-16(9-7-15)25-5-2/h6-9,14H,4-5,10-13H2,1-3H3. The lowest BCUT2D eigenvalue weighted by Crippen LogP contribution is -2.50. The molecule has 1 aliphatic rings. The number of nitrogens with zero attached hydrogens (tertiary/aromatic N) is 4. The molecule has 0 aliphatic carbocycles. The Bertz CT molecular complexity index is 742. The van der Waals surface area contributed by atoms with Gasteiger partial charge in [-0.25, -0.2) is 0 Å². The molecule has 3 rings (SSSR count). The van der Waals surface area contributed by atoms with E-state index in [1.54, 1.807) is 0 Å². The molecular formula is C19H26N4O3S. The van der Waals surface area contributed by atoms with Gasteiger partial charge in [-0.1, -0.05) is 18.7 Å². The number of carbonyl (C=O) groups excluding carboxylic acids is 1. The first kappa shape index (κ1) is 19.7. The third kappa shape index (κ3) is 5.01. The molecular weight excluding hydrogens is 364 g/mol. The number of aromatic nitrogens is 2. The van der Waals surface area contributed by atoms with Crippen molar-refractivity contribution in [3.05, 3.63) is 24.3 Å². The van der Waals surface area contributed by atoms with Gasteiger partial charge in [0.2, 0.25) is 11.8 Å². The van der Waals surface area contributed by atoms with Crippen LogP contribution in [-0.4, -0.2) is 70.5 Å². The Morgan fingerprint density at radius 3 is 2.52 bits per heavy atom. The summed E-state index contributed by atoms with van der Waals surface area (Å²) in [5, 5.41) is 8.33. The second kappa shape index (κ2) is 9.23. The topological polar surface area (TPSA) is 71.7 Å². The largest absolute Gasteiger partial charge is 0.494 e. The monoisotopic (exact) mass is 390 g/mol. The molecule has 7 nitrogen and oxygen atoms in total. The fourth-order valence-electron chi connectivity index (χ4n) is 2.98. The number of carbonyl (C=O) groups is 1. The van der Waals surface area contributed by atoms with Crippen molar-refractivity contribution in [1.29, 1.82) is 0 Å². The predicted octanol–water partition coefficient (Wildman–Crippen LogP) is 2.78. The van der Waals surface area contributed by atoms with Gasteiger partial charge in [-0.3, -0.25) is 4.79 Å². The molecule has 1 fully saturated rings. The van der Waals surface area contributed by atoms with Crippen molar-refractivity contribution in [2.45, 2.75) is 31.2 Å². The molecule has 1 atom stereocenters. The average Bonchev–Trinajstić information content (AvgIpc) is 3.16. The third-order valence-electron chi connectivity index (χ3n) is 4.58. The first-order valence-corrected chi connectivity index (χ1v) is 10.2. The molecule has 2 aromatic rings. The van der Waals surface area contributed by atoms with Crippen molar-refractivity contribution in [3.8, 4) is 17.2 Å². The first-order valence-electron chi connectivity index (χ1n) is 9.35. The normalized spacial score (nSPS) is 16.3. The van der Waals surface area contributed by atoms with Crippen LogP contribution in [0.4, 0.5) is 0 Å². The Kier molecular flexibility index (Phi) is 6.73. The zero-order valence-corrected chi connectivity index (χ0v) is 16.9. The van der Waals surface area contributed by atoms with Gasteiger partial charge in [-0.2, -0.15) is 0 Å². The number of hydrogen-bond donors (Lipinski definition) is 0. The molecule has 146 valence electrons. The minimum atomic E-state index is -0.258. The Morgan fingerprint density at radius 2 is 1.89 bits per heavy atom. The van der Waals surface area contributed by atoms with E-state index in [9.17, 15) is 4.79 Å². The van der Waals surface area contributed by atoms with Crippen LogP contribution in [0.15, 0.2) is 33.9 Å². The summed E-state index contributed by atoms with van der Waals surface area (Å²) in [5.74, 6) is 1.37. The number of piperazine rings is 1. The van der Waals surface area contributed by atoms with Gasteiger partial charge in [-0.15, -0.1) is 10.2 Å². The fourth-order valence-corrected chi connectivity index (χ4v) is 3.75. The Balaban J connectivity index is 1.57. The molecule has 1 aromatic carbocycles. The maximum absolute atomic E-state index is 12.7. The molecule has 0 N–H and O–H groups in total. The number of likely N-dealkylation sites (N-methyl/N-ethyl adjacent to an activating group) is 1. The van der Waals surface area contributed by atoms with Gasteiger partial charge in [0.1, 0.15) is 5.75 Å². The molecule has 0 saturated carbocycles. The highest BCUT2D eigenvalue weighted by atomic mass is 32.2. The number of rotatable bonds is 7. The second-order valence-electron chi connectivity index (χ2n) is 6.35. The summed E-state index contributed by atoms with van der Waals surface area (Å²) in [6.07, 6.45) is 0. The maximum atomic E-state index is 12.7. The number of ether oxygens (including phenoxy) is 1. The number of hydrogen-bond acceptors (Lipinski definition) is 7.